The number of sulfonamides is 1. The summed E-state index contributed by atoms with van der Waals surface area (Å²) in [5.41, 5.74) is 2.35. The molecule has 8 heteroatoms. The van der Waals surface area contributed by atoms with Crippen molar-refractivity contribution in [1.29, 1.82) is 0 Å². The van der Waals surface area contributed by atoms with E-state index < -0.39 is 10.0 Å². The highest BCUT2D eigenvalue weighted by molar-refractivity contribution is 7.99. The lowest BCUT2D eigenvalue weighted by atomic mass is 10.1. The standard InChI is InChI=1S/C24H27N3O3S2/c1-3-20-8-4-5-9-22(20)27(32(29,30)21-13-11-19(2)12-14-21)18-23(28)25-16-17-31-24-10-6-7-15-26-24/h4-15H,3,16-18H2,1-2H3,(H,25,28). The average Bonchev–Trinajstić information content (AvgIpc) is 2.81. The number of nitrogens with zero attached hydrogens (tertiary/aromatic N) is 2. The molecule has 2 aromatic carbocycles. The van der Waals surface area contributed by atoms with E-state index in [1.807, 2.05) is 44.2 Å². The number of carbonyl (C=O) groups is 1. The predicted molar refractivity (Wildman–Crippen MR) is 130 cm³/mol. The summed E-state index contributed by atoms with van der Waals surface area (Å²) in [5.74, 6) is 0.284. The summed E-state index contributed by atoms with van der Waals surface area (Å²) in [4.78, 5) is 17.1. The van der Waals surface area contributed by atoms with Crippen molar-refractivity contribution in [1.82, 2.24) is 10.3 Å². The van der Waals surface area contributed by atoms with Gasteiger partial charge in [0.1, 0.15) is 6.54 Å². The van der Waals surface area contributed by atoms with Crippen LogP contribution in [0, 0.1) is 6.92 Å². The molecule has 32 heavy (non-hydrogen) atoms. The van der Waals surface area contributed by atoms with Crippen LogP contribution in [-0.2, 0) is 21.2 Å². The molecule has 0 unspecified atom stereocenters. The quantitative estimate of drug-likeness (QED) is 0.358. The second-order valence-corrected chi connectivity index (χ2v) is 10.2. The van der Waals surface area contributed by atoms with Gasteiger partial charge in [0.05, 0.1) is 15.6 Å². The van der Waals surface area contributed by atoms with E-state index in [-0.39, 0.29) is 17.3 Å². The van der Waals surface area contributed by atoms with E-state index in [9.17, 15) is 13.2 Å². The molecule has 6 nitrogen and oxygen atoms in total. The number of aromatic nitrogens is 1. The maximum atomic E-state index is 13.5. The Morgan fingerprint density at radius 1 is 1.03 bits per heavy atom. The van der Waals surface area contributed by atoms with E-state index >= 15 is 0 Å². The third-order valence-electron chi connectivity index (χ3n) is 4.85. The summed E-state index contributed by atoms with van der Waals surface area (Å²) >= 11 is 1.53. The second kappa shape index (κ2) is 11.2. The molecular formula is C24H27N3O3S2. The van der Waals surface area contributed by atoms with Crippen molar-refractivity contribution in [3.63, 3.8) is 0 Å². The Kier molecular flexibility index (Phi) is 8.30. The monoisotopic (exact) mass is 469 g/mol. The van der Waals surface area contributed by atoms with Crippen LogP contribution in [0.3, 0.4) is 0 Å². The Morgan fingerprint density at radius 2 is 1.75 bits per heavy atom. The number of amides is 1. The summed E-state index contributed by atoms with van der Waals surface area (Å²) in [7, 11) is -3.91. The van der Waals surface area contributed by atoms with Gasteiger partial charge in [0.25, 0.3) is 10.0 Å². The van der Waals surface area contributed by atoms with Gasteiger partial charge >= 0.3 is 0 Å². The minimum absolute atomic E-state index is 0.160. The Balaban J connectivity index is 1.77. The fourth-order valence-electron chi connectivity index (χ4n) is 3.16. The van der Waals surface area contributed by atoms with Crippen molar-refractivity contribution < 1.29 is 13.2 Å². The normalized spacial score (nSPS) is 11.2. The van der Waals surface area contributed by atoms with Crippen molar-refractivity contribution in [2.45, 2.75) is 30.2 Å². The first-order valence-corrected chi connectivity index (χ1v) is 12.8. The molecule has 0 radical (unpaired) electrons. The molecule has 0 aliphatic rings. The third kappa shape index (κ3) is 6.11. The van der Waals surface area contributed by atoms with Gasteiger partial charge in [-0.1, -0.05) is 48.9 Å². The van der Waals surface area contributed by atoms with Crippen LogP contribution in [0.5, 0.6) is 0 Å². The van der Waals surface area contributed by atoms with Crippen molar-refractivity contribution >= 4 is 33.4 Å². The Morgan fingerprint density at radius 3 is 2.44 bits per heavy atom. The molecule has 0 fully saturated rings. The lowest BCUT2D eigenvalue weighted by molar-refractivity contribution is -0.119. The first kappa shape index (κ1) is 23.8. The van der Waals surface area contributed by atoms with E-state index in [1.54, 1.807) is 42.6 Å². The van der Waals surface area contributed by atoms with Crippen LogP contribution in [0.1, 0.15) is 18.1 Å². The SMILES string of the molecule is CCc1ccccc1N(CC(=O)NCCSc1ccccn1)S(=O)(=O)c1ccc(C)cc1. The van der Waals surface area contributed by atoms with E-state index in [0.717, 1.165) is 16.2 Å². The molecule has 1 heterocycles. The van der Waals surface area contributed by atoms with Gasteiger partial charge in [-0.2, -0.15) is 0 Å². The van der Waals surface area contributed by atoms with E-state index in [1.165, 1.54) is 16.1 Å². The lowest BCUT2D eigenvalue weighted by Crippen LogP contribution is -2.41. The second-order valence-electron chi connectivity index (χ2n) is 7.17. The number of carbonyl (C=O) groups excluding carboxylic acids is 1. The molecule has 0 bridgehead atoms. The summed E-state index contributed by atoms with van der Waals surface area (Å²) in [6, 6.07) is 19.6. The third-order valence-corrected chi connectivity index (χ3v) is 7.57. The largest absolute Gasteiger partial charge is 0.354 e. The highest BCUT2D eigenvalue weighted by atomic mass is 32.2. The lowest BCUT2D eigenvalue weighted by Gasteiger charge is -2.26. The predicted octanol–water partition coefficient (Wildman–Crippen LogP) is 4.06. The Hall–Kier alpha value is -2.84. The first-order chi connectivity index (χ1) is 15.4. The Labute approximate surface area is 194 Å². The maximum Gasteiger partial charge on any atom is 0.264 e. The minimum atomic E-state index is -3.91. The van der Waals surface area contributed by atoms with E-state index in [2.05, 4.69) is 10.3 Å². The highest BCUT2D eigenvalue weighted by Crippen LogP contribution is 2.27. The molecule has 3 aromatic rings. The van der Waals surface area contributed by atoms with Crippen molar-refractivity contribution in [2.24, 2.45) is 0 Å². The van der Waals surface area contributed by atoms with Crippen LogP contribution >= 0.6 is 11.8 Å². The molecule has 168 valence electrons. The molecule has 1 N–H and O–H groups in total. The zero-order chi connectivity index (χ0) is 23.0. The van der Waals surface area contributed by atoms with E-state index in [0.29, 0.717) is 24.4 Å². The molecule has 0 atom stereocenters. The molecule has 1 amide bonds. The summed E-state index contributed by atoms with van der Waals surface area (Å²) < 4.78 is 28.2. The minimum Gasteiger partial charge on any atom is -0.354 e. The van der Waals surface area contributed by atoms with Crippen molar-refractivity contribution in [3.05, 3.63) is 84.1 Å². The van der Waals surface area contributed by atoms with Gasteiger partial charge in [0, 0.05) is 18.5 Å². The smallest absolute Gasteiger partial charge is 0.264 e. The van der Waals surface area contributed by atoms with Crippen LogP contribution in [0.4, 0.5) is 5.69 Å². The van der Waals surface area contributed by atoms with Crippen LogP contribution < -0.4 is 9.62 Å². The number of anilines is 1. The number of hydrogen-bond donors (Lipinski definition) is 1. The van der Waals surface area contributed by atoms with Gasteiger partial charge in [0.15, 0.2) is 0 Å². The molecule has 3 rings (SSSR count). The number of hydrogen-bond acceptors (Lipinski definition) is 5. The first-order valence-electron chi connectivity index (χ1n) is 10.4. The number of para-hydroxylation sites is 1. The fourth-order valence-corrected chi connectivity index (χ4v) is 5.34. The molecule has 0 saturated carbocycles. The van der Waals surface area contributed by atoms with Gasteiger partial charge in [-0.25, -0.2) is 13.4 Å². The summed E-state index contributed by atoms with van der Waals surface area (Å²) in [6.07, 6.45) is 2.37. The zero-order valence-corrected chi connectivity index (χ0v) is 19.8. The number of pyridine rings is 1. The van der Waals surface area contributed by atoms with Gasteiger partial charge in [-0.15, -0.1) is 11.8 Å². The van der Waals surface area contributed by atoms with Crippen LogP contribution in [-0.4, -0.2) is 38.2 Å². The maximum absolute atomic E-state index is 13.5. The number of nitrogens with one attached hydrogen (secondary N) is 1. The molecule has 0 aliphatic carbocycles. The molecule has 0 spiro atoms. The van der Waals surface area contributed by atoms with Crippen LogP contribution in [0.2, 0.25) is 0 Å². The van der Waals surface area contributed by atoms with Crippen LogP contribution in [0.25, 0.3) is 0 Å². The summed E-state index contributed by atoms with van der Waals surface area (Å²) in [5, 5.41) is 3.71. The van der Waals surface area contributed by atoms with Gasteiger partial charge < -0.3 is 5.32 Å². The molecule has 0 saturated heterocycles. The van der Waals surface area contributed by atoms with Crippen LogP contribution in [0.15, 0.2) is 82.8 Å². The van der Waals surface area contributed by atoms with Crippen molar-refractivity contribution in [2.75, 3.05) is 23.1 Å². The fraction of sp³-hybridized carbons (Fsp3) is 0.250. The number of rotatable bonds is 10. The summed E-state index contributed by atoms with van der Waals surface area (Å²) in [6.45, 7) is 3.98. The van der Waals surface area contributed by atoms with Crippen molar-refractivity contribution in [3.8, 4) is 0 Å². The number of aryl methyl sites for hydroxylation is 2. The molecule has 1 aromatic heterocycles. The average molecular weight is 470 g/mol. The molecular weight excluding hydrogens is 442 g/mol. The zero-order valence-electron chi connectivity index (χ0n) is 18.2. The van der Waals surface area contributed by atoms with E-state index in [4.69, 9.17) is 0 Å². The Bertz CT molecular complexity index is 1130. The van der Waals surface area contributed by atoms with Gasteiger partial charge in [0.2, 0.25) is 5.91 Å². The topological polar surface area (TPSA) is 79.4 Å². The van der Waals surface area contributed by atoms with Gasteiger partial charge in [-0.05, 0) is 49.2 Å². The molecule has 0 aliphatic heterocycles. The number of benzene rings is 2. The highest BCUT2D eigenvalue weighted by Gasteiger charge is 2.28. The number of thioether (sulfide) groups is 1. The van der Waals surface area contributed by atoms with Gasteiger partial charge in [-0.3, -0.25) is 9.10 Å².